The molecule has 0 fully saturated rings. The van der Waals surface area contributed by atoms with Crippen LogP contribution in [-0.2, 0) is 6.42 Å². The van der Waals surface area contributed by atoms with Crippen molar-refractivity contribution in [2.75, 3.05) is 12.8 Å². The van der Waals surface area contributed by atoms with Gasteiger partial charge in [0, 0.05) is 28.9 Å². The molecule has 1 heterocycles. The Kier molecular flexibility index (Phi) is 5.29. The smallest absolute Gasteiger partial charge is 0.0300 e. The van der Waals surface area contributed by atoms with E-state index in [4.69, 9.17) is 0 Å². The summed E-state index contributed by atoms with van der Waals surface area (Å²) in [4.78, 5) is 4.15. The quantitative estimate of drug-likeness (QED) is 0.854. The zero-order valence-electron chi connectivity index (χ0n) is 10.7. The van der Waals surface area contributed by atoms with E-state index in [9.17, 15) is 0 Å². The maximum Gasteiger partial charge on any atom is 0.0300 e. The van der Waals surface area contributed by atoms with Gasteiger partial charge in [0.05, 0.1) is 0 Å². The number of nitrogens with one attached hydrogen (secondary N) is 1. The molecule has 0 spiro atoms. The first-order chi connectivity index (χ1) is 7.51. The number of aromatic nitrogens is 1. The van der Waals surface area contributed by atoms with Gasteiger partial charge in [-0.3, -0.25) is 4.98 Å². The summed E-state index contributed by atoms with van der Waals surface area (Å²) in [7, 11) is 2.03. The Morgan fingerprint density at radius 1 is 1.44 bits per heavy atom. The average Bonchev–Trinajstić information content (AvgIpc) is 2.24. The topological polar surface area (TPSA) is 24.9 Å². The summed E-state index contributed by atoms with van der Waals surface area (Å²) >= 11 is 2.00. The molecule has 0 aliphatic heterocycles. The number of pyridine rings is 1. The van der Waals surface area contributed by atoms with E-state index in [1.807, 2.05) is 37.3 Å². The summed E-state index contributed by atoms with van der Waals surface area (Å²) in [5.41, 5.74) is 1.30. The highest BCUT2D eigenvalue weighted by Crippen LogP contribution is 2.24. The Labute approximate surface area is 103 Å². The fourth-order valence-electron chi connectivity index (χ4n) is 1.40. The Hall–Kier alpha value is -0.540. The molecular formula is C13H22N2S. The first-order valence-electron chi connectivity index (χ1n) is 5.71. The number of likely N-dealkylation sites (N-methyl/N-ethyl adjacent to an activating group) is 1. The zero-order valence-corrected chi connectivity index (χ0v) is 11.5. The molecule has 0 aromatic carbocycles. The highest BCUT2D eigenvalue weighted by molar-refractivity contribution is 8.00. The van der Waals surface area contributed by atoms with Gasteiger partial charge in [-0.15, -0.1) is 0 Å². The van der Waals surface area contributed by atoms with Crippen LogP contribution < -0.4 is 5.32 Å². The molecule has 1 atom stereocenters. The minimum Gasteiger partial charge on any atom is -0.316 e. The highest BCUT2D eigenvalue weighted by Gasteiger charge is 2.14. The van der Waals surface area contributed by atoms with Gasteiger partial charge in [-0.1, -0.05) is 26.8 Å². The summed E-state index contributed by atoms with van der Waals surface area (Å²) in [6.07, 6.45) is 4.82. The van der Waals surface area contributed by atoms with Crippen LogP contribution in [0.15, 0.2) is 24.5 Å². The Morgan fingerprint density at radius 3 is 2.69 bits per heavy atom. The third-order valence-electron chi connectivity index (χ3n) is 2.33. The van der Waals surface area contributed by atoms with Gasteiger partial charge in [0.15, 0.2) is 0 Å². The van der Waals surface area contributed by atoms with Gasteiger partial charge in [0.25, 0.3) is 0 Å². The molecule has 1 aromatic heterocycles. The lowest BCUT2D eigenvalue weighted by Crippen LogP contribution is -2.31. The van der Waals surface area contributed by atoms with Crippen molar-refractivity contribution in [3.8, 4) is 0 Å². The first kappa shape index (κ1) is 13.5. The number of nitrogens with zero attached hydrogens (tertiary/aromatic N) is 1. The van der Waals surface area contributed by atoms with Crippen LogP contribution >= 0.6 is 11.8 Å². The molecule has 0 aliphatic rings. The van der Waals surface area contributed by atoms with Crippen LogP contribution in [0.25, 0.3) is 0 Å². The van der Waals surface area contributed by atoms with Crippen molar-refractivity contribution in [2.24, 2.45) is 0 Å². The van der Waals surface area contributed by atoms with Gasteiger partial charge in [0.2, 0.25) is 0 Å². The van der Waals surface area contributed by atoms with E-state index in [-0.39, 0.29) is 0 Å². The SMILES string of the molecule is CNC(CSC(C)(C)C)Cc1cccnc1. The van der Waals surface area contributed by atoms with Gasteiger partial charge < -0.3 is 5.32 Å². The van der Waals surface area contributed by atoms with Crippen molar-refractivity contribution in [1.29, 1.82) is 0 Å². The number of rotatable bonds is 5. The zero-order chi connectivity index (χ0) is 12.0. The maximum absolute atomic E-state index is 4.15. The van der Waals surface area contributed by atoms with Gasteiger partial charge in [-0.2, -0.15) is 11.8 Å². The van der Waals surface area contributed by atoms with Crippen LogP contribution in [0.5, 0.6) is 0 Å². The van der Waals surface area contributed by atoms with Crippen molar-refractivity contribution < 1.29 is 0 Å². The van der Waals surface area contributed by atoms with Gasteiger partial charge in [-0.05, 0) is 25.1 Å². The molecule has 0 saturated carbocycles. The summed E-state index contributed by atoms with van der Waals surface area (Å²) < 4.78 is 0.337. The lowest BCUT2D eigenvalue weighted by Gasteiger charge is -2.22. The summed E-state index contributed by atoms with van der Waals surface area (Å²) in [6, 6.07) is 4.66. The third-order valence-corrected chi connectivity index (χ3v) is 3.77. The molecule has 0 radical (unpaired) electrons. The van der Waals surface area contributed by atoms with Gasteiger partial charge in [0.1, 0.15) is 0 Å². The second-order valence-corrected chi connectivity index (χ2v) is 6.82. The van der Waals surface area contributed by atoms with Crippen molar-refractivity contribution in [1.82, 2.24) is 10.3 Å². The van der Waals surface area contributed by atoms with Crippen LogP contribution in [0.4, 0.5) is 0 Å². The third kappa shape index (κ3) is 5.52. The molecule has 16 heavy (non-hydrogen) atoms. The Balaban J connectivity index is 2.44. The van der Waals surface area contributed by atoms with Crippen molar-refractivity contribution >= 4 is 11.8 Å². The lowest BCUT2D eigenvalue weighted by molar-refractivity contribution is 0.612. The van der Waals surface area contributed by atoms with Crippen LogP contribution in [0, 0.1) is 0 Å². The molecule has 3 heteroatoms. The van der Waals surface area contributed by atoms with E-state index in [1.54, 1.807) is 0 Å². The van der Waals surface area contributed by atoms with Crippen LogP contribution in [0.3, 0.4) is 0 Å². The van der Waals surface area contributed by atoms with E-state index in [0.717, 1.165) is 12.2 Å². The summed E-state index contributed by atoms with van der Waals surface area (Å²) in [6.45, 7) is 6.78. The maximum atomic E-state index is 4.15. The highest BCUT2D eigenvalue weighted by atomic mass is 32.2. The van der Waals surface area contributed by atoms with E-state index in [1.165, 1.54) is 5.56 Å². The second kappa shape index (κ2) is 6.26. The minimum atomic E-state index is 0.337. The van der Waals surface area contributed by atoms with Crippen molar-refractivity contribution in [2.45, 2.75) is 38.0 Å². The number of hydrogen-bond acceptors (Lipinski definition) is 3. The molecule has 90 valence electrons. The standard InChI is InChI=1S/C13H22N2S/c1-13(2,3)16-10-12(14-4)8-11-6-5-7-15-9-11/h5-7,9,12,14H,8,10H2,1-4H3. The predicted molar refractivity (Wildman–Crippen MR) is 73.0 cm³/mol. The minimum absolute atomic E-state index is 0.337. The monoisotopic (exact) mass is 238 g/mol. The molecule has 1 aromatic rings. The molecule has 0 aliphatic carbocycles. The van der Waals surface area contributed by atoms with E-state index in [2.05, 4.69) is 37.1 Å². The van der Waals surface area contributed by atoms with E-state index < -0.39 is 0 Å². The number of hydrogen-bond donors (Lipinski definition) is 1. The van der Waals surface area contributed by atoms with Crippen LogP contribution in [-0.4, -0.2) is 28.6 Å². The number of thioether (sulfide) groups is 1. The van der Waals surface area contributed by atoms with Gasteiger partial charge >= 0.3 is 0 Å². The van der Waals surface area contributed by atoms with Crippen molar-refractivity contribution in [3.05, 3.63) is 30.1 Å². The first-order valence-corrected chi connectivity index (χ1v) is 6.70. The fraction of sp³-hybridized carbons (Fsp3) is 0.615. The molecule has 2 nitrogen and oxygen atoms in total. The normalized spacial score (nSPS) is 13.8. The molecule has 1 rings (SSSR count). The van der Waals surface area contributed by atoms with Crippen LogP contribution in [0.1, 0.15) is 26.3 Å². The largest absolute Gasteiger partial charge is 0.316 e. The summed E-state index contributed by atoms with van der Waals surface area (Å²) in [5, 5.41) is 3.37. The molecule has 1 N–H and O–H groups in total. The van der Waals surface area contributed by atoms with Crippen LogP contribution in [0.2, 0.25) is 0 Å². The fourth-order valence-corrected chi connectivity index (χ4v) is 2.38. The Morgan fingerprint density at radius 2 is 2.19 bits per heavy atom. The van der Waals surface area contributed by atoms with E-state index >= 15 is 0 Å². The average molecular weight is 238 g/mol. The molecule has 0 bridgehead atoms. The second-order valence-electron chi connectivity index (χ2n) is 4.97. The molecule has 1 unspecified atom stereocenters. The van der Waals surface area contributed by atoms with E-state index in [0.29, 0.717) is 10.8 Å². The molecule has 0 saturated heterocycles. The predicted octanol–water partition coefficient (Wildman–Crippen LogP) is 2.74. The summed E-state index contributed by atoms with van der Waals surface area (Å²) in [5.74, 6) is 1.13. The molecule has 0 amide bonds. The van der Waals surface area contributed by atoms with Gasteiger partial charge in [-0.25, -0.2) is 0 Å². The molecular weight excluding hydrogens is 216 g/mol. The Bertz CT molecular complexity index is 293. The lowest BCUT2D eigenvalue weighted by atomic mass is 10.1. The van der Waals surface area contributed by atoms with Crippen molar-refractivity contribution in [3.63, 3.8) is 0 Å².